The fourth-order valence-corrected chi connectivity index (χ4v) is 2.13. The number of carbonyl (C=O) groups is 3. The lowest BCUT2D eigenvalue weighted by Crippen LogP contribution is -2.36. The Morgan fingerprint density at radius 2 is 1.64 bits per heavy atom. The number of hydrogen-bond acceptors (Lipinski definition) is 5. The van der Waals surface area contributed by atoms with E-state index < -0.39 is 42.6 Å². The summed E-state index contributed by atoms with van der Waals surface area (Å²) < 4.78 is 36.6. The minimum Gasteiger partial charge on any atom is -0.482 e. The molecule has 2 aromatic carbocycles. The molecule has 0 saturated carbocycles. The van der Waals surface area contributed by atoms with Crippen molar-refractivity contribution in [3.63, 3.8) is 0 Å². The first-order chi connectivity index (χ1) is 13.3. The number of ether oxygens (including phenoxy) is 2. The average Bonchev–Trinajstić information content (AvgIpc) is 2.67. The largest absolute Gasteiger partial charge is 0.482 e. The van der Waals surface area contributed by atoms with Gasteiger partial charge in [-0.25, -0.2) is 13.6 Å². The Morgan fingerprint density at radius 3 is 2.32 bits per heavy atom. The summed E-state index contributed by atoms with van der Waals surface area (Å²) in [6.07, 6.45) is 0. The average molecular weight is 457 g/mol. The number of hydrogen-bond donors (Lipinski definition) is 2. The van der Waals surface area contributed by atoms with Gasteiger partial charge in [0.15, 0.2) is 24.8 Å². The van der Waals surface area contributed by atoms with Gasteiger partial charge in [-0.15, -0.1) is 0 Å². The Labute approximate surface area is 167 Å². The summed E-state index contributed by atoms with van der Waals surface area (Å²) in [7, 11) is 0. The van der Waals surface area contributed by atoms with Crippen molar-refractivity contribution < 1.29 is 32.6 Å². The minimum atomic E-state index is -1.11. The molecule has 7 nitrogen and oxygen atoms in total. The van der Waals surface area contributed by atoms with Gasteiger partial charge in [-0.3, -0.25) is 9.59 Å². The number of amides is 2. The molecule has 2 rings (SSSR count). The molecule has 0 aliphatic carbocycles. The standard InChI is InChI=1S/C18H15BrF2N2O5/c19-11-1-4-13(5-2-11)27-10-18(26)28-9-17(25)22-8-16(24)23-12-3-6-14(20)15(21)7-12/h1-7H,8-10H2,(H,22,25)(H,23,24). The van der Waals surface area contributed by atoms with E-state index in [1.807, 2.05) is 0 Å². The van der Waals surface area contributed by atoms with Crippen LogP contribution in [-0.2, 0) is 19.1 Å². The topological polar surface area (TPSA) is 93.7 Å². The normalized spacial score (nSPS) is 10.1. The van der Waals surface area contributed by atoms with Crippen LogP contribution in [0, 0.1) is 11.6 Å². The monoisotopic (exact) mass is 456 g/mol. The molecule has 28 heavy (non-hydrogen) atoms. The highest BCUT2D eigenvalue weighted by atomic mass is 79.9. The highest BCUT2D eigenvalue weighted by Gasteiger charge is 2.11. The summed E-state index contributed by atoms with van der Waals surface area (Å²) >= 11 is 3.26. The van der Waals surface area contributed by atoms with Crippen molar-refractivity contribution in [2.75, 3.05) is 25.1 Å². The second-order valence-electron chi connectivity index (χ2n) is 5.36. The van der Waals surface area contributed by atoms with Gasteiger partial charge in [0.1, 0.15) is 5.75 Å². The maximum Gasteiger partial charge on any atom is 0.344 e. The van der Waals surface area contributed by atoms with Crippen LogP contribution < -0.4 is 15.4 Å². The molecule has 0 unspecified atom stereocenters. The van der Waals surface area contributed by atoms with Gasteiger partial charge in [-0.1, -0.05) is 15.9 Å². The predicted molar refractivity (Wildman–Crippen MR) is 98.6 cm³/mol. The Morgan fingerprint density at radius 1 is 0.929 bits per heavy atom. The van der Waals surface area contributed by atoms with Crippen molar-refractivity contribution in [3.8, 4) is 5.75 Å². The van der Waals surface area contributed by atoms with Gasteiger partial charge < -0.3 is 20.1 Å². The van der Waals surface area contributed by atoms with Crippen LogP contribution in [0.15, 0.2) is 46.9 Å². The fraction of sp³-hybridized carbons (Fsp3) is 0.167. The molecule has 10 heteroatoms. The van der Waals surface area contributed by atoms with E-state index in [9.17, 15) is 23.2 Å². The number of benzene rings is 2. The number of halogens is 3. The number of carbonyl (C=O) groups excluding carboxylic acids is 3. The first-order valence-corrected chi connectivity index (χ1v) is 8.68. The molecule has 0 aliphatic rings. The number of rotatable bonds is 8. The maximum atomic E-state index is 13.1. The highest BCUT2D eigenvalue weighted by Crippen LogP contribution is 2.16. The summed E-state index contributed by atoms with van der Waals surface area (Å²) in [5.41, 5.74) is 0.0367. The second-order valence-corrected chi connectivity index (χ2v) is 6.27. The van der Waals surface area contributed by atoms with Crippen molar-refractivity contribution in [3.05, 3.63) is 58.6 Å². The summed E-state index contributed by atoms with van der Waals surface area (Å²) in [5, 5.41) is 4.50. The molecule has 0 aromatic heterocycles. The number of nitrogens with one attached hydrogen (secondary N) is 2. The van der Waals surface area contributed by atoms with E-state index in [0.717, 1.165) is 16.6 Å². The van der Waals surface area contributed by atoms with E-state index in [1.165, 1.54) is 6.07 Å². The zero-order chi connectivity index (χ0) is 20.5. The highest BCUT2D eigenvalue weighted by molar-refractivity contribution is 9.10. The molecule has 0 atom stereocenters. The Hall–Kier alpha value is -3.01. The molecule has 0 aliphatic heterocycles. The van der Waals surface area contributed by atoms with Crippen LogP contribution in [0.1, 0.15) is 0 Å². The third-order valence-corrected chi connectivity index (χ3v) is 3.71. The van der Waals surface area contributed by atoms with Crippen LogP contribution in [0.25, 0.3) is 0 Å². The van der Waals surface area contributed by atoms with Gasteiger partial charge >= 0.3 is 5.97 Å². The Kier molecular flexibility index (Phi) is 7.88. The predicted octanol–water partition coefficient (Wildman–Crippen LogP) is 2.40. The third-order valence-electron chi connectivity index (χ3n) is 3.18. The molecule has 0 bridgehead atoms. The minimum absolute atomic E-state index is 0.0367. The van der Waals surface area contributed by atoms with Crippen molar-refractivity contribution >= 4 is 39.4 Å². The zero-order valence-electron chi connectivity index (χ0n) is 14.3. The molecule has 0 fully saturated rings. The van der Waals surface area contributed by atoms with E-state index in [0.29, 0.717) is 5.75 Å². The van der Waals surface area contributed by atoms with Gasteiger partial charge in [0, 0.05) is 16.2 Å². The van der Waals surface area contributed by atoms with Crippen LogP contribution in [0.3, 0.4) is 0 Å². The zero-order valence-corrected chi connectivity index (χ0v) is 15.9. The van der Waals surface area contributed by atoms with Crippen LogP contribution in [0.2, 0.25) is 0 Å². The van der Waals surface area contributed by atoms with E-state index in [2.05, 4.69) is 26.6 Å². The summed E-state index contributed by atoms with van der Waals surface area (Å²) in [6.45, 7) is -1.42. The summed E-state index contributed by atoms with van der Waals surface area (Å²) in [4.78, 5) is 34.8. The first kappa shape index (κ1) is 21.3. The van der Waals surface area contributed by atoms with E-state index >= 15 is 0 Å². The molecule has 0 spiro atoms. The quantitative estimate of drug-likeness (QED) is 0.594. The van der Waals surface area contributed by atoms with Crippen LogP contribution >= 0.6 is 15.9 Å². The SMILES string of the molecule is O=C(COC(=O)COc1ccc(Br)cc1)NCC(=O)Nc1ccc(F)c(F)c1. The lowest BCUT2D eigenvalue weighted by Gasteiger charge is -2.09. The molecule has 148 valence electrons. The van der Waals surface area contributed by atoms with Gasteiger partial charge in [-0.05, 0) is 36.4 Å². The van der Waals surface area contributed by atoms with Crippen LogP contribution in [0.4, 0.5) is 14.5 Å². The summed E-state index contributed by atoms with van der Waals surface area (Å²) in [5.74, 6) is -3.83. The van der Waals surface area contributed by atoms with Crippen LogP contribution in [-0.4, -0.2) is 37.5 Å². The van der Waals surface area contributed by atoms with Crippen LogP contribution in [0.5, 0.6) is 5.75 Å². The number of esters is 1. The Balaban J connectivity index is 1.64. The molecule has 0 radical (unpaired) electrons. The van der Waals surface area contributed by atoms with Gasteiger partial charge in [-0.2, -0.15) is 0 Å². The van der Waals surface area contributed by atoms with Gasteiger partial charge in [0.05, 0.1) is 6.54 Å². The third kappa shape index (κ3) is 7.31. The lowest BCUT2D eigenvalue weighted by molar-refractivity contribution is -0.150. The first-order valence-electron chi connectivity index (χ1n) is 7.89. The summed E-state index contributed by atoms with van der Waals surface area (Å²) in [6, 6.07) is 9.61. The molecule has 2 amide bonds. The van der Waals surface area contributed by atoms with Crippen molar-refractivity contribution in [2.24, 2.45) is 0 Å². The molecule has 2 N–H and O–H groups in total. The molecule has 2 aromatic rings. The number of anilines is 1. The van der Waals surface area contributed by atoms with E-state index in [-0.39, 0.29) is 12.3 Å². The molecule has 0 heterocycles. The van der Waals surface area contributed by atoms with Gasteiger partial charge in [0.2, 0.25) is 5.91 Å². The molecular weight excluding hydrogens is 442 g/mol. The lowest BCUT2D eigenvalue weighted by atomic mass is 10.3. The smallest absolute Gasteiger partial charge is 0.344 e. The maximum absolute atomic E-state index is 13.1. The fourth-order valence-electron chi connectivity index (χ4n) is 1.87. The van der Waals surface area contributed by atoms with Crippen molar-refractivity contribution in [2.45, 2.75) is 0 Å². The van der Waals surface area contributed by atoms with E-state index in [1.54, 1.807) is 24.3 Å². The Bertz CT molecular complexity index is 862. The van der Waals surface area contributed by atoms with E-state index in [4.69, 9.17) is 9.47 Å². The molecular formula is C18H15BrF2N2O5. The van der Waals surface area contributed by atoms with Crippen molar-refractivity contribution in [1.29, 1.82) is 0 Å². The van der Waals surface area contributed by atoms with Gasteiger partial charge in [0.25, 0.3) is 5.91 Å². The van der Waals surface area contributed by atoms with Crippen molar-refractivity contribution in [1.82, 2.24) is 5.32 Å². The molecule has 0 saturated heterocycles. The second kappa shape index (κ2) is 10.4.